The van der Waals surface area contributed by atoms with Crippen molar-refractivity contribution in [3.63, 3.8) is 0 Å². The van der Waals surface area contributed by atoms with Gasteiger partial charge >= 0.3 is 5.97 Å². The van der Waals surface area contributed by atoms with E-state index in [1.54, 1.807) is 18.2 Å². The van der Waals surface area contributed by atoms with Crippen LogP contribution in [-0.2, 0) is 32.0 Å². The summed E-state index contributed by atoms with van der Waals surface area (Å²) in [7, 11) is 0. The summed E-state index contributed by atoms with van der Waals surface area (Å²) in [6.07, 6.45) is 1.38. The largest absolute Gasteiger partial charge is 0.455 e. The monoisotopic (exact) mass is 471 g/mol. The zero-order valence-corrected chi connectivity index (χ0v) is 19.3. The predicted octanol–water partition coefficient (Wildman–Crippen LogP) is 3.14. The number of amides is 3. The van der Waals surface area contributed by atoms with Gasteiger partial charge in [0, 0.05) is 12.1 Å². The van der Waals surface area contributed by atoms with Crippen molar-refractivity contribution in [2.24, 2.45) is 5.92 Å². The lowest BCUT2D eigenvalue weighted by Crippen LogP contribution is -2.43. The molecular formula is C24H26ClN3O5. The van der Waals surface area contributed by atoms with Crippen LogP contribution >= 0.6 is 11.6 Å². The number of hydrogen-bond donors (Lipinski definition) is 2. The van der Waals surface area contributed by atoms with E-state index in [4.69, 9.17) is 16.3 Å². The first kappa shape index (κ1) is 24.3. The summed E-state index contributed by atoms with van der Waals surface area (Å²) < 4.78 is 5.15. The maximum atomic E-state index is 12.4. The first-order valence-electron chi connectivity index (χ1n) is 10.8. The summed E-state index contributed by atoms with van der Waals surface area (Å²) in [6, 6.07) is 12.3. The van der Waals surface area contributed by atoms with Crippen LogP contribution in [-0.4, -0.2) is 41.9 Å². The molecule has 0 bridgehead atoms. The summed E-state index contributed by atoms with van der Waals surface area (Å²) in [5, 5.41) is 4.15. The zero-order valence-electron chi connectivity index (χ0n) is 18.5. The Bertz CT molecular complexity index is 1050. The van der Waals surface area contributed by atoms with Gasteiger partial charge < -0.3 is 10.1 Å². The van der Waals surface area contributed by atoms with E-state index in [2.05, 4.69) is 10.7 Å². The molecule has 0 aromatic heterocycles. The first-order valence-corrected chi connectivity index (χ1v) is 11.1. The number of anilines is 1. The lowest BCUT2D eigenvalue weighted by molar-refractivity contribution is -0.151. The summed E-state index contributed by atoms with van der Waals surface area (Å²) in [5.41, 5.74) is 5.43. The SMILES string of the molecule is CCc1cccc(CC)c1NC(=O)COC(=O)[C@H]1CC(=O)N(NC(=O)c2ccccc2Cl)C1. The second-order valence-electron chi connectivity index (χ2n) is 7.64. The molecule has 1 atom stereocenters. The van der Waals surface area contributed by atoms with Crippen molar-refractivity contribution in [3.05, 3.63) is 64.2 Å². The van der Waals surface area contributed by atoms with Gasteiger partial charge in [0.15, 0.2) is 6.61 Å². The number of carbonyl (C=O) groups excluding carboxylic acids is 4. The van der Waals surface area contributed by atoms with Gasteiger partial charge in [-0.25, -0.2) is 0 Å². The summed E-state index contributed by atoms with van der Waals surface area (Å²) >= 11 is 6.01. The van der Waals surface area contributed by atoms with E-state index in [0.717, 1.165) is 34.7 Å². The standard InChI is InChI=1S/C24H26ClN3O5/c1-3-15-8-7-9-16(4-2)22(15)26-20(29)14-33-24(32)17-12-21(30)28(13-17)27-23(31)18-10-5-6-11-19(18)25/h5-11,17H,3-4,12-14H2,1-2H3,(H,26,29)(H,27,31)/t17-/m0/s1. The van der Waals surface area contributed by atoms with Gasteiger partial charge in [0.2, 0.25) is 5.91 Å². The van der Waals surface area contributed by atoms with Crippen LogP contribution in [0, 0.1) is 5.92 Å². The van der Waals surface area contributed by atoms with Crippen molar-refractivity contribution in [2.45, 2.75) is 33.1 Å². The Morgan fingerprint density at radius 2 is 1.73 bits per heavy atom. The zero-order chi connectivity index (χ0) is 24.0. The Morgan fingerprint density at radius 1 is 1.06 bits per heavy atom. The van der Waals surface area contributed by atoms with Gasteiger partial charge in [-0.05, 0) is 36.1 Å². The highest BCUT2D eigenvalue weighted by Gasteiger charge is 2.37. The first-order chi connectivity index (χ1) is 15.8. The van der Waals surface area contributed by atoms with Gasteiger partial charge in [0.1, 0.15) is 0 Å². The summed E-state index contributed by atoms with van der Waals surface area (Å²) in [5.74, 6) is -2.89. The third-order valence-corrected chi connectivity index (χ3v) is 5.75. The summed E-state index contributed by atoms with van der Waals surface area (Å²) in [4.78, 5) is 49.5. The number of esters is 1. The summed E-state index contributed by atoms with van der Waals surface area (Å²) in [6.45, 7) is 3.49. The van der Waals surface area contributed by atoms with Crippen LogP contribution in [0.5, 0.6) is 0 Å². The number of hydrogen-bond acceptors (Lipinski definition) is 5. The van der Waals surface area contributed by atoms with Crippen molar-refractivity contribution >= 4 is 41.0 Å². The number of nitrogens with zero attached hydrogens (tertiary/aromatic N) is 1. The predicted molar refractivity (Wildman–Crippen MR) is 124 cm³/mol. The van der Waals surface area contributed by atoms with Gasteiger partial charge in [-0.15, -0.1) is 0 Å². The minimum atomic E-state index is -0.786. The molecule has 2 N–H and O–H groups in total. The van der Waals surface area contributed by atoms with Gasteiger partial charge in [0.05, 0.1) is 23.0 Å². The van der Waals surface area contributed by atoms with E-state index in [1.807, 2.05) is 32.0 Å². The molecule has 0 unspecified atom stereocenters. The Balaban J connectivity index is 1.53. The van der Waals surface area contributed by atoms with Crippen LogP contribution < -0.4 is 10.7 Å². The van der Waals surface area contributed by atoms with E-state index in [9.17, 15) is 19.2 Å². The smallest absolute Gasteiger partial charge is 0.311 e. The average Bonchev–Trinajstić information content (AvgIpc) is 3.17. The fraction of sp³-hybridized carbons (Fsp3) is 0.333. The lowest BCUT2D eigenvalue weighted by atomic mass is 10.0. The normalized spacial score (nSPS) is 15.3. The molecule has 3 amide bonds. The molecule has 0 radical (unpaired) electrons. The number of carbonyl (C=O) groups is 4. The Hall–Kier alpha value is -3.39. The van der Waals surface area contributed by atoms with Crippen LogP contribution in [0.4, 0.5) is 5.69 Å². The topological polar surface area (TPSA) is 105 Å². The Kier molecular flexibility index (Phi) is 8.06. The van der Waals surface area contributed by atoms with E-state index in [0.29, 0.717) is 0 Å². The van der Waals surface area contributed by atoms with E-state index < -0.39 is 36.2 Å². The molecule has 3 rings (SSSR count). The van der Waals surface area contributed by atoms with Crippen molar-refractivity contribution in [3.8, 4) is 0 Å². The number of rotatable bonds is 8. The Labute approximate surface area is 197 Å². The highest BCUT2D eigenvalue weighted by molar-refractivity contribution is 6.33. The molecule has 1 aliphatic rings. The number of aryl methyl sites for hydroxylation is 2. The molecule has 9 heteroatoms. The number of nitrogens with one attached hydrogen (secondary N) is 2. The number of ether oxygens (including phenoxy) is 1. The molecule has 2 aromatic rings. The molecule has 0 aliphatic carbocycles. The number of halogens is 1. The van der Waals surface area contributed by atoms with E-state index in [-0.39, 0.29) is 23.6 Å². The van der Waals surface area contributed by atoms with Crippen LogP contribution in [0.3, 0.4) is 0 Å². The van der Waals surface area contributed by atoms with Crippen molar-refractivity contribution < 1.29 is 23.9 Å². The number of hydrazine groups is 1. The molecule has 0 spiro atoms. The number of para-hydroxylation sites is 1. The minimum Gasteiger partial charge on any atom is -0.455 e. The van der Waals surface area contributed by atoms with Crippen LogP contribution in [0.15, 0.2) is 42.5 Å². The molecule has 33 heavy (non-hydrogen) atoms. The molecule has 2 aromatic carbocycles. The molecular weight excluding hydrogens is 446 g/mol. The highest BCUT2D eigenvalue weighted by Crippen LogP contribution is 2.23. The van der Waals surface area contributed by atoms with Crippen LogP contribution in [0.1, 0.15) is 41.8 Å². The molecule has 1 aliphatic heterocycles. The van der Waals surface area contributed by atoms with Gasteiger partial charge in [0.25, 0.3) is 11.8 Å². The van der Waals surface area contributed by atoms with Crippen LogP contribution in [0.2, 0.25) is 5.02 Å². The fourth-order valence-corrected chi connectivity index (χ4v) is 3.86. The maximum Gasteiger partial charge on any atom is 0.311 e. The van der Waals surface area contributed by atoms with Crippen LogP contribution in [0.25, 0.3) is 0 Å². The molecule has 174 valence electrons. The quantitative estimate of drug-likeness (QED) is 0.575. The molecule has 1 saturated heterocycles. The number of benzene rings is 2. The van der Waals surface area contributed by atoms with Crippen molar-refractivity contribution in [2.75, 3.05) is 18.5 Å². The second kappa shape index (κ2) is 11.0. The van der Waals surface area contributed by atoms with E-state index in [1.165, 1.54) is 6.07 Å². The molecule has 1 fully saturated rings. The maximum absolute atomic E-state index is 12.4. The molecule has 1 heterocycles. The van der Waals surface area contributed by atoms with Gasteiger partial charge in [-0.1, -0.05) is 55.8 Å². The minimum absolute atomic E-state index is 0.0475. The van der Waals surface area contributed by atoms with Gasteiger partial charge in [-0.2, -0.15) is 0 Å². The fourth-order valence-electron chi connectivity index (χ4n) is 3.63. The third-order valence-electron chi connectivity index (χ3n) is 5.42. The van der Waals surface area contributed by atoms with Gasteiger partial charge in [-0.3, -0.25) is 29.6 Å². The third kappa shape index (κ3) is 5.90. The van der Waals surface area contributed by atoms with Crippen molar-refractivity contribution in [1.82, 2.24) is 10.4 Å². The lowest BCUT2D eigenvalue weighted by Gasteiger charge is -2.18. The van der Waals surface area contributed by atoms with E-state index >= 15 is 0 Å². The second-order valence-corrected chi connectivity index (χ2v) is 8.05. The highest BCUT2D eigenvalue weighted by atomic mass is 35.5. The van der Waals surface area contributed by atoms with Crippen molar-refractivity contribution in [1.29, 1.82) is 0 Å². The Morgan fingerprint density at radius 3 is 2.36 bits per heavy atom. The average molecular weight is 472 g/mol. The molecule has 0 saturated carbocycles. The molecule has 8 nitrogen and oxygen atoms in total.